The van der Waals surface area contributed by atoms with Gasteiger partial charge in [0.2, 0.25) is 0 Å². The average molecular weight is 255 g/mol. The third-order valence-electron chi connectivity index (χ3n) is 1.94. The molecule has 2 heterocycles. The van der Waals surface area contributed by atoms with Crippen LogP contribution in [0.1, 0.15) is 12.6 Å². The van der Waals surface area contributed by atoms with Gasteiger partial charge in [0, 0.05) is 18.1 Å². The minimum Gasteiger partial charge on any atom is -0.285 e. The van der Waals surface area contributed by atoms with E-state index in [1.807, 2.05) is 35.8 Å². The number of aliphatic imine (C=N–C) groups is 1. The zero-order chi connectivity index (χ0) is 11.4. The van der Waals surface area contributed by atoms with Gasteiger partial charge in [0.15, 0.2) is 5.50 Å². The Balaban J connectivity index is 2.13. The van der Waals surface area contributed by atoms with Crippen LogP contribution in [-0.2, 0) is 4.84 Å². The second-order valence-electron chi connectivity index (χ2n) is 3.01. The highest BCUT2D eigenvalue weighted by molar-refractivity contribution is 8.13. The molecule has 0 bridgehead atoms. The fourth-order valence-corrected chi connectivity index (χ4v) is 2.98. The summed E-state index contributed by atoms with van der Waals surface area (Å²) in [4.78, 5) is 14.3. The van der Waals surface area contributed by atoms with Crippen LogP contribution in [-0.4, -0.2) is 32.9 Å². The molecule has 6 heteroatoms. The van der Waals surface area contributed by atoms with E-state index < -0.39 is 0 Å². The molecule has 0 saturated carbocycles. The first-order valence-corrected chi connectivity index (χ1v) is 7.03. The number of hydrogen-bond acceptors (Lipinski definition) is 6. The minimum atomic E-state index is 0.0157. The van der Waals surface area contributed by atoms with Crippen LogP contribution < -0.4 is 0 Å². The van der Waals surface area contributed by atoms with Gasteiger partial charge < -0.3 is 0 Å². The summed E-state index contributed by atoms with van der Waals surface area (Å²) in [5.74, 6) is 0. The van der Waals surface area contributed by atoms with Gasteiger partial charge in [0.1, 0.15) is 5.04 Å². The number of pyridine rings is 1. The number of hydrogen-bond donors (Lipinski definition) is 0. The Morgan fingerprint density at radius 3 is 3.06 bits per heavy atom. The molecule has 0 saturated heterocycles. The van der Waals surface area contributed by atoms with Crippen molar-refractivity contribution in [2.75, 3.05) is 12.9 Å². The van der Waals surface area contributed by atoms with Crippen molar-refractivity contribution >= 4 is 28.8 Å². The van der Waals surface area contributed by atoms with Crippen LogP contribution in [0, 0.1) is 0 Å². The standard InChI is InChI=1S/C10H13N3OS2/c1-3-14-13-10(15-2)12-9(16-13)8-6-4-5-7-11-8/h4-7,10H,3H2,1-2H3. The van der Waals surface area contributed by atoms with Gasteiger partial charge in [-0.2, -0.15) is 0 Å². The van der Waals surface area contributed by atoms with Gasteiger partial charge in [-0.1, -0.05) is 10.5 Å². The Morgan fingerprint density at radius 1 is 1.56 bits per heavy atom. The highest BCUT2D eigenvalue weighted by atomic mass is 32.2. The van der Waals surface area contributed by atoms with Crippen molar-refractivity contribution in [3.8, 4) is 0 Å². The lowest BCUT2D eigenvalue weighted by atomic mass is 10.4. The van der Waals surface area contributed by atoms with Crippen LogP contribution in [0.15, 0.2) is 29.4 Å². The lowest BCUT2D eigenvalue weighted by Crippen LogP contribution is -2.21. The molecular weight excluding hydrogens is 242 g/mol. The molecule has 0 aliphatic carbocycles. The van der Waals surface area contributed by atoms with Crippen LogP contribution >= 0.6 is 23.7 Å². The quantitative estimate of drug-likeness (QED) is 0.772. The Hall–Kier alpha value is -0.560. The Labute approximate surface area is 104 Å². The maximum Gasteiger partial charge on any atom is 0.183 e. The lowest BCUT2D eigenvalue weighted by molar-refractivity contribution is -0.0713. The molecule has 0 fully saturated rings. The van der Waals surface area contributed by atoms with E-state index in [0.29, 0.717) is 6.61 Å². The summed E-state index contributed by atoms with van der Waals surface area (Å²) in [7, 11) is 0. The van der Waals surface area contributed by atoms with E-state index in [4.69, 9.17) is 4.84 Å². The highest BCUT2D eigenvalue weighted by Crippen LogP contribution is 2.33. The van der Waals surface area contributed by atoms with Gasteiger partial charge >= 0.3 is 0 Å². The second kappa shape index (κ2) is 5.67. The van der Waals surface area contributed by atoms with Gasteiger partial charge in [0.05, 0.1) is 12.3 Å². The first kappa shape index (κ1) is 11.9. The summed E-state index contributed by atoms with van der Waals surface area (Å²) in [6.07, 6.45) is 3.79. The Kier molecular flexibility index (Phi) is 4.22. The van der Waals surface area contributed by atoms with E-state index in [2.05, 4.69) is 9.98 Å². The monoisotopic (exact) mass is 255 g/mol. The summed E-state index contributed by atoms with van der Waals surface area (Å²) in [6, 6.07) is 5.82. The molecule has 86 valence electrons. The largest absolute Gasteiger partial charge is 0.285 e. The van der Waals surface area contributed by atoms with Crippen molar-refractivity contribution in [3.05, 3.63) is 30.1 Å². The minimum absolute atomic E-state index is 0.0157. The number of rotatable bonds is 4. The summed E-state index contributed by atoms with van der Waals surface area (Å²) < 4.78 is 1.81. The van der Waals surface area contributed by atoms with Gasteiger partial charge in [-0.05, 0) is 25.3 Å². The van der Waals surface area contributed by atoms with E-state index >= 15 is 0 Å². The summed E-state index contributed by atoms with van der Waals surface area (Å²) >= 11 is 3.14. The van der Waals surface area contributed by atoms with Crippen molar-refractivity contribution in [1.82, 2.24) is 9.45 Å². The first-order chi connectivity index (χ1) is 7.85. The van der Waals surface area contributed by atoms with Gasteiger partial charge in [-0.3, -0.25) is 9.82 Å². The molecule has 2 rings (SSSR count). The van der Waals surface area contributed by atoms with Crippen LogP contribution in [0.5, 0.6) is 0 Å². The lowest BCUT2D eigenvalue weighted by Gasteiger charge is -2.17. The molecule has 1 atom stereocenters. The van der Waals surface area contributed by atoms with Crippen molar-refractivity contribution in [2.24, 2.45) is 4.99 Å². The van der Waals surface area contributed by atoms with Crippen LogP contribution in [0.4, 0.5) is 0 Å². The summed E-state index contributed by atoms with van der Waals surface area (Å²) in [5.41, 5.74) is 0.913. The van der Waals surface area contributed by atoms with Gasteiger partial charge in [0.25, 0.3) is 0 Å². The summed E-state index contributed by atoms with van der Waals surface area (Å²) in [6.45, 7) is 2.62. The first-order valence-electron chi connectivity index (χ1n) is 4.97. The zero-order valence-corrected chi connectivity index (χ0v) is 10.8. The molecule has 0 spiro atoms. The molecule has 4 nitrogen and oxygen atoms in total. The van der Waals surface area contributed by atoms with Crippen molar-refractivity contribution in [1.29, 1.82) is 0 Å². The third-order valence-corrected chi connectivity index (χ3v) is 3.76. The molecule has 0 amide bonds. The number of hydroxylamine groups is 1. The topological polar surface area (TPSA) is 37.7 Å². The predicted octanol–water partition coefficient (Wildman–Crippen LogP) is 2.39. The number of thioether (sulfide) groups is 1. The summed E-state index contributed by atoms with van der Waals surface area (Å²) in [5, 5.41) is 0.911. The zero-order valence-electron chi connectivity index (χ0n) is 9.16. The third kappa shape index (κ3) is 2.57. The SMILES string of the molecule is CCON1SC(c2ccccn2)=NC1SC. The molecule has 1 unspecified atom stereocenters. The fourth-order valence-electron chi connectivity index (χ4n) is 1.26. The maximum atomic E-state index is 5.49. The maximum absolute atomic E-state index is 5.49. The van der Waals surface area contributed by atoms with E-state index in [1.54, 1.807) is 18.0 Å². The number of nitrogens with zero attached hydrogens (tertiary/aromatic N) is 3. The smallest absolute Gasteiger partial charge is 0.183 e. The second-order valence-corrected chi connectivity index (χ2v) is 4.83. The van der Waals surface area contributed by atoms with E-state index in [-0.39, 0.29) is 5.50 Å². The van der Waals surface area contributed by atoms with Crippen molar-refractivity contribution in [3.63, 3.8) is 0 Å². The Morgan fingerprint density at radius 2 is 2.44 bits per heavy atom. The van der Waals surface area contributed by atoms with Gasteiger partial charge in [-0.25, -0.2) is 4.99 Å². The van der Waals surface area contributed by atoms with Crippen LogP contribution in [0.3, 0.4) is 0 Å². The molecule has 1 aromatic rings. The molecule has 1 aliphatic rings. The normalized spacial score (nSPS) is 21.1. The molecular formula is C10H13N3OS2. The highest BCUT2D eigenvalue weighted by Gasteiger charge is 2.29. The van der Waals surface area contributed by atoms with Gasteiger partial charge in [-0.15, -0.1) is 11.8 Å². The molecule has 0 N–H and O–H groups in total. The molecule has 16 heavy (non-hydrogen) atoms. The molecule has 1 aliphatic heterocycles. The average Bonchev–Trinajstić information content (AvgIpc) is 2.74. The number of aromatic nitrogens is 1. The van der Waals surface area contributed by atoms with Crippen molar-refractivity contribution in [2.45, 2.75) is 12.4 Å². The Bertz CT molecular complexity index is 372. The van der Waals surface area contributed by atoms with E-state index in [9.17, 15) is 0 Å². The van der Waals surface area contributed by atoms with E-state index in [0.717, 1.165) is 10.7 Å². The van der Waals surface area contributed by atoms with Crippen LogP contribution in [0.2, 0.25) is 0 Å². The molecule has 1 aromatic heterocycles. The van der Waals surface area contributed by atoms with Crippen LogP contribution in [0.25, 0.3) is 0 Å². The molecule has 0 radical (unpaired) electrons. The fraction of sp³-hybridized carbons (Fsp3) is 0.400. The molecule has 0 aromatic carbocycles. The van der Waals surface area contributed by atoms with E-state index in [1.165, 1.54) is 11.9 Å². The van der Waals surface area contributed by atoms with Crippen molar-refractivity contribution < 1.29 is 4.84 Å². The predicted molar refractivity (Wildman–Crippen MR) is 69.1 cm³/mol.